The van der Waals surface area contributed by atoms with Gasteiger partial charge in [0.25, 0.3) is 35.4 Å². The number of esters is 3. The van der Waals surface area contributed by atoms with E-state index in [9.17, 15) is 57.5 Å². The third-order valence-corrected chi connectivity index (χ3v) is 20.0. The number of nitrogens with two attached hydrogens (primary N) is 3. The van der Waals surface area contributed by atoms with E-state index in [1.807, 2.05) is 52.0 Å². The molecule has 3 atom stereocenters. The molecule has 9 aromatic rings. The lowest BCUT2D eigenvalue weighted by atomic mass is 10.1. The molecule has 5 aliphatic rings. The summed E-state index contributed by atoms with van der Waals surface area (Å²) in [7, 11) is 0. The molecule has 4 fully saturated rings. The molecule has 125 heavy (non-hydrogen) atoms. The lowest BCUT2D eigenvalue weighted by Gasteiger charge is -2.20. The van der Waals surface area contributed by atoms with Gasteiger partial charge in [-0.1, -0.05) is 53.5 Å². The third-order valence-electron chi connectivity index (χ3n) is 20.0. The molecule has 9 amide bonds. The Hall–Kier alpha value is -14.2. The Morgan fingerprint density at radius 1 is 0.456 bits per heavy atom. The Kier molecular flexibility index (Phi) is 31.5. The van der Waals surface area contributed by atoms with E-state index in [1.165, 1.54) is 71.9 Å². The number of nitrogens with zero attached hydrogens (tertiary/aromatic N) is 13. The number of amides is 9. The second-order valence-corrected chi connectivity index (χ2v) is 29.8. The molecular weight excluding hydrogens is 1620 g/mol. The van der Waals surface area contributed by atoms with E-state index in [2.05, 4.69) is 67.1 Å². The van der Waals surface area contributed by atoms with Gasteiger partial charge in [0.1, 0.15) is 59.5 Å². The summed E-state index contributed by atoms with van der Waals surface area (Å²) in [5.41, 5.74) is 26.3. The van der Waals surface area contributed by atoms with Gasteiger partial charge in [0.05, 0.1) is 23.2 Å². The summed E-state index contributed by atoms with van der Waals surface area (Å²) in [4.78, 5) is 172. The SMILES string of the molecule is C.C.C.CCCNC(=O)c1ccc(C)c(Nc2ncnn3cc(C(=O)N(C(=O)OCOC(=O)C(C)N)C4CC4)c(C)c23)c1.Cc1ccc(C(=O)NC2=NCC=C2)cc1Nc1ncnn2cc(C(=O)N(C(=O)OCOC(=O)C(C)N)C3CC3)c(C)c12.Cc1ccc(C(=O)NC2CC2)cc1Nc1ncnn2cc(C(=O)N(C(=O)OCOC(=O)C(C)N)C3CC3)c(C)c12. The first kappa shape index (κ1) is 94.7. The fourth-order valence-corrected chi connectivity index (χ4v) is 12.6. The van der Waals surface area contributed by atoms with Crippen LogP contribution < -0.4 is 49.1 Å². The van der Waals surface area contributed by atoms with Crippen LogP contribution in [0, 0.1) is 41.5 Å². The Bertz CT molecular complexity index is 5660. The molecular formula is C85H106N22O18. The van der Waals surface area contributed by atoms with Crippen LogP contribution in [0.5, 0.6) is 0 Å². The van der Waals surface area contributed by atoms with Gasteiger partial charge >= 0.3 is 36.2 Å². The molecule has 664 valence electrons. The van der Waals surface area contributed by atoms with Gasteiger partial charge in [0.2, 0.25) is 20.4 Å². The van der Waals surface area contributed by atoms with E-state index < -0.39 is 92.4 Å². The number of hydrogen-bond acceptors (Lipinski definition) is 31. The zero-order chi connectivity index (χ0) is 87.5. The van der Waals surface area contributed by atoms with Crippen molar-refractivity contribution in [2.75, 3.05) is 49.4 Å². The van der Waals surface area contributed by atoms with Crippen LogP contribution in [0.1, 0.15) is 203 Å². The van der Waals surface area contributed by atoms with Crippen molar-refractivity contribution in [1.29, 1.82) is 0 Å². The van der Waals surface area contributed by atoms with Gasteiger partial charge in [-0.15, -0.1) is 0 Å². The van der Waals surface area contributed by atoms with Crippen molar-refractivity contribution in [3.63, 3.8) is 0 Å². The maximum absolute atomic E-state index is 13.6. The molecule has 40 nitrogen and oxygen atoms in total. The second kappa shape index (κ2) is 41.6. The first-order chi connectivity index (χ1) is 58.4. The number of aromatic nitrogens is 9. The van der Waals surface area contributed by atoms with Crippen LogP contribution in [0.4, 0.5) is 48.9 Å². The van der Waals surface area contributed by atoms with Crippen LogP contribution >= 0.6 is 0 Å². The van der Waals surface area contributed by atoms with Crippen LogP contribution in [-0.4, -0.2) is 212 Å². The highest BCUT2D eigenvalue weighted by Gasteiger charge is 2.43. The van der Waals surface area contributed by atoms with Gasteiger partial charge in [-0.25, -0.2) is 57.6 Å². The quantitative estimate of drug-likeness (QED) is 0.0131. The van der Waals surface area contributed by atoms with E-state index >= 15 is 0 Å². The summed E-state index contributed by atoms with van der Waals surface area (Å²) in [6.07, 6.45) is 16.1. The first-order valence-corrected chi connectivity index (χ1v) is 39.4. The van der Waals surface area contributed by atoms with E-state index in [4.69, 9.17) is 45.6 Å². The predicted octanol–water partition coefficient (Wildman–Crippen LogP) is 9.67. The van der Waals surface area contributed by atoms with Crippen molar-refractivity contribution >= 4 is 129 Å². The number of imide groups is 3. The van der Waals surface area contributed by atoms with Gasteiger partial charge in [-0.3, -0.25) is 48.1 Å². The van der Waals surface area contributed by atoms with E-state index in [0.29, 0.717) is 142 Å². The monoisotopic (exact) mass is 1720 g/mol. The Morgan fingerprint density at radius 3 is 1.08 bits per heavy atom. The number of rotatable bonds is 27. The fourth-order valence-electron chi connectivity index (χ4n) is 12.6. The lowest BCUT2D eigenvalue weighted by Crippen LogP contribution is -2.40. The predicted molar refractivity (Wildman–Crippen MR) is 460 cm³/mol. The number of carbonyl (C=O) groups is 12. The van der Waals surface area contributed by atoms with E-state index in [1.54, 1.807) is 63.2 Å². The van der Waals surface area contributed by atoms with E-state index in [-0.39, 0.29) is 80.9 Å². The molecule has 0 radical (unpaired) electrons. The highest BCUT2D eigenvalue weighted by Crippen LogP contribution is 2.37. The fraction of sp³-hybridized carbons (Fsp3) is 0.400. The molecule has 0 saturated heterocycles. The zero-order valence-electron chi connectivity index (χ0n) is 68.7. The number of ether oxygens (including phenoxy) is 6. The minimum atomic E-state index is -0.927. The molecule has 12 N–H and O–H groups in total. The molecule has 14 rings (SSSR count). The molecule has 4 saturated carbocycles. The Labute approximate surface area is 720 Å². The summed E-state index contributed by atoms with van der Waals surface area (Å²) >= 11 is 0. The average Bonchev–Trinajstić information content (AvgIpc) is 1.63. The van der Waals surface area contributed by atoms with Crippen molar-refractivity contribution in [3.05, 3.63) is 171 Å². The minimum Gasteiger partial charge on any atom is -0.427 e. The largest absolute Gasteiger partial charge is 0.427 e. The number of amidine groups is 1. The smallest absolute Gasteiger partial charge is 0.419 e. The Morgan fingerprint density at radius 2 is 0.784 bits per heavy atom. The number of hydrogen-bond donors (Lipinski definition) is 9. The summed E-state index contributed by atoms with van der Waals surface area (Å²) < 4.78 is 34.1. The normalized spacial score (nSPS) is 14.1. The minimum absolute atomic E-state index is 0. The standard InChI is InChI=1S/C28H30N8O6.C27H31N7O6.C27H33N7O6.3CH4/c1-15-6-7-18(25(37)34-22-5-4-10-30-22)11-21(15)33-24-23-16(2)20(12-35(23)32-13-31-24)26(38)36(19-8-9-19)28(40)42-14-41-27(39)17(3)29;1-14-4-5-17(24(35)31-18-6-7-18)10-21(14)32-23-22-15(2)20(11-33(22)30-12-29-23)25(36)34(19-8-9-19)27(38)40-13-39-26(37)16(3)28;1-5-10-29-24(35)18-7-6-15(2)21(11-18)32-23-22-16(3)20(12-33(22)31-13-30-23)25(36)34(19-8-9-19)27(38)40-14-39-26(37)17(4)28;;;/h4-7,11-13,17,19H,8-10,14,29H2,1-3H3,(H,30,34,37)(H,31,32,33);4-5,10-12,16,18-19H,6-9,13,28H2,1-3H3,(H,31,35)(H,29,30,32);6-7,11-13,17,19H,5,8-10,14,28H2,1-4H3,(H,29,35)(H,30,31,32);3*1H4. The van der Waals surface area contributed by atoms with Gasteiger partial charge in [-0.2, -0.15) is 15.3 Å². The van der Waals surface area contributed by atoms with Crippen molar-refractivity contribution in [2.45, 2.75) is 192 Å². The van der Waals surface area contributed by atoms with Gasteiger partial charge < -0.3 is 77.5 Å². The van der Waals surface area contributed by atoms with Crippen LogP contribution in [0.15, 0.2) is 109 Å². The molecule has 0 bridgehead atoms. The van der Waals surface area contributed by atoms with Crippen molar-refractivity contribution in [2.24, 2.45) is 22.2 Å². The molecule has 4 aliphatic carbocycles. The van der Waals surface area contributed by atoms with Gasteiger partial charge in [-0.05, 0) is 196 Å². The Balaban J connectivity index is 0.000000210. The molecule has 6 aromatic heterocycles. The maximum atomic E-state index is 13.6. The van der Waals surface area contributed by atoms with Crippen molar-refractivity contribution in [3.8, 4) is 0 Å². The average molecular weight is 1720 g/mol. The second-order valence-electron chi connectivity index (χ2n) is 29.8. The highest BCUT2D eigenvalue weighted by molar-refractivity contribution is 6.12. The maximum Gasteiger partial charge on any atom is 0.419 e. The zero-order valence-corrected chi connectivity index (χ0v) is 68.7. The molecule has 40 heteroatoms. The van der Waals surface area contributed by atoms with Crippen LogP contribution in [-0.2, 0) is 42.8 Å². The van der Waals surface area contributed by atoms with Crippen molar-refractivity contribution < 1.29 is 86.0 Å². The number of fused-ring (bicyclic) bond motifs is 3. The summed E-state index contributed by atoms with van der Waals surface area (Å²) in [5.74, 6) is -2.76. The number of aliphatic imine (C=N–C) groups is 1. The number of nitrogens with one attached hydrogen (secondary N) is 6. The molecule has 3 aromatic carbocycles. The first-order valence-electron chi connectivity index (χ1n) is 39.4. The van der Waals surface area contributed by atoms with Crippen molar-refractivity contribution in [1.82, 2.24) is 74.4 Å². The molecule has 3 unspecified atom stereocenters. The molecule has 0 spiro atoms. The highest BCUT2D eigenvalue weighted by atomic mass is 16.7. The third kappa shape index (κ3) is 23.0. The van der Waals surface area contributed by atoms with Crippen LogP contribution in [0.2, 0.25) is 0 Å². The van der Waals surface area contributed by atoms with E-state index in [0.717, 1.165) is 50.7 Å². The molecule has 1 aliphatic heterocycles. The lowest BCUT2D eigenvalue weighted by molar-refractivity contribution is -0.154. The summed E-state index contributed by atoms with van der Waals surface area (Å²) in [6, 6.07) is 12.6. The number of benzene rings is 3. The molecule has 7 heterocycles. The summed E-state index contributed by atoms with van der Waals surface area (Å²) in [5, 5.41) is 31.2. The van der Waals surface area contributed by atoms with Gasteiger partial charge in [0.15, 0.2) is 17.5 Å². The topological polar surface area (TPSA) is 523 Å². The van der Waals surface area contributed by atoms with Crippen LogP contribution in [0.25, 0.3) is 16.6 Å². The van der Waals surface area contributed by atoms with Gasteiger partial charge in [0, 0.05) is 83.1 Å². The van der Waals surface area contributed by atoms with Crippen LogP contribution in [0.3, 0.4) is 0 Å². The number of aryl methyl sites for hydroxylation is 6. The summed E-state index contributed by atoms with van der Waals surface area (Å²) in [6.45, 7) is 16.4. The number of anilines is 6. The number of carbonyl (C=O) groups excluding carboxylic acids is 12.